The van der Waals surface area contributed by atoms with Gasteiger partial charge >= 0.3 is 0 Å². The fourth-order valence-electron chi connectivity index (χ4n) is 2.24. The minimum atomic E-state index is 0.622. The lowest BCUT2D eigenvalue weighted by molar-refractivity contribution is -0.0747. The van der Waals surface area contributed by atoms with E-state index in [1.807, 2.05) is 6.92 Å². The van der Waals surface area contributed by atoms with Crippen LogP contribution in [0.3, 0.4) is 0 Å². The highest BCUT2D eigenvalue weighted by atomic mass is 16.5. The molecule has 2 aliphatic rings. The average Bonchev–Trinajstić information content (AvgIpc) is 2.34. The van der Waals surface area contributed by atoms with Gasteiger partial charge in [-0.3, -0.25) is 4.90 Å². The Morgan fingerprint density at radius 2 is 2.06 bits per heavy atom. The molecule has 0 bridgehead atoms. The van der Waals surface area contributed by atoms with Crippen LogP contribution in [-0.2, 0) is 4.74 Å². The number of allylic oxidation sites excluding steroid dienone is 2. The van der Waals surface area contributed by atoms with E-state index in [1.54, 1.807) is 6.21 Å². The third-order valence-electron chi connectivity index (χ3n) is 3.62. The van der Waals surface area contributed by atoms with Crippen molar-refractivity contribution in [2.45, 2.75) is 13.0 Å². The van der Waals surface area contributed by atoms with E-state index in [2.05, 4.69) is 20.8 Å². The molecule has 0 saturated carbocycles. The first-order valence-corrected chi connectivity index (χ1v) is 6.24. The standard InChI is InChI=1S/C13H20N4O/c1-3-15-8-13(14)11(2)16-4-6-17(7-5-16)12-9-18-10-12/h1,8,12H,4-7,9-10,14H2,2H3/b13-11-,15-8?. The van der Waals surface area contributed by atoms with Gasteiger partial charge in [0.05, 0.1) is 31.2 Å². The van der Waals surface area contributed by atoms with Gasteiger partial charge in [-0.2, -0.15) is 0 Å². The SMILES string of the molecule is C#CN=C/C(N)=C(\C)N1CCN(C2COC2)CC1. The van der Waals surface area contributed by atoms with E-state index >= 15 is 0 Å². The van der Waals surface area contributed by atoms with E-state index < -0.39 is 0 Å². The quantitative estimate of drug-likeness (QED) is 0.558. The van der Waals surface area contributed by atoms with Crippen molar-refractivity contribution in [3.8, 4) is 12.5 Å². The second kappa shape index (κ2) is 5.89. The van der Waals surface area contributed by atoms with Crippen LogP contribution in [0.2, 0.25) is 0 Å². The summed E-state index contributed by atoms with van der Waals surface area (Å²) in [5.74, 6) is 0. The molecule has 5 nitrogen and oxygen atoms in total. The van der Waals surface area contributed by atoms with Crippen molar-refractivity contribution < 1.29 is 4.74 Å². The Bertz CT molecular complexity index is 384. The monoisotopic (exact) mass is 248 g/mol. The van der Waals surface area contributed by atoms with Crippen LogP contribution in [0.4, 0.5) is 0 Å². The number of hydrogen-bond donors (Lipinski definition) is 1. The molecular formula is C13H20N4O. The van der Waals surface area contributed by atoms with Crippen molar-refractivity contribution in [2.24, 2.45) is 10.7 Å². The zero-order valence-electron chi connectivity index (χ0n) is 10.8. The van der Waals surface area contributed by atoms with Crippen molar-refractivity contribution in [1.82, 2.24) is 9.80 Å². The highest BCUT2D eigenvalue weighted by molar-refractivity contribution is 5.78. The molecule has 2 heterocycles. The molecule has 0 aromatic carbocycles. The van der Waals surface area contributed by atoms with Crippen LogP contribution < -0.4 is 5.73 Å². The number of nitrogens with zero attached hydrogens (tertiary/aromatic N) is 3. The lowest BCUT2D eigenvalue weighted by atomic mass is 10.1. The van der Waals surface area contributed by atoms with E-state index in [1.165, 1.54) is 0 Å². The third-order valence-corrected chi connectivity index (χ3v) is 3.62. The summed E-state index contributed by atoms with van der Waals surface area (Å²) in [7, 11) is 0. The van der Waals surface area contributed by atoms with Crippen LogP contribution >= 0.6 is 0 Å². The lowest BCUT2D eigenvalue weighted by Crippen LogP contribution is -2.56. The molecule has 18 heavy (non-hydrogen) atoms. The Morgan fingerprint density at radius 1 is 1.39 bits per heavy atom. The third kappa shape index (κ3) is 2.84. The van der Waals surface area contributed by atoms with E-state index in [-0.39, 0.29) is 0 Å². The number of piperazine rings is 1. The molecule has 0 aromatic rings. The second-order valence-electron chi connectivity index (χ2n) is 4.64. The largest absolute Gasteiger partial charge is 0.396 e. The molecule has 0 atom stereocenters. The minimum Gasteiger partial charge on any atom is -0.396 e. The summed E-state index contributed by atoms with van der Waals surface area (Å²) in [4.78, 5) is 8.49. The predicted octanol–water partition coefficient (Wildman–Crippen LogP) is -0.146. The summed E-state index contributed by atoms with van der Waals surface area (Å²) in [5, 5.41) is 0. The molecule has 98 valence electrons. The number of hydrogen-bond acceptors (Lipinski definition) is 5. The Labute approximate surface area is 108 Å². The maximum absolute atomic E-state index is 5.93. The highest BCUT2D eigenvalue weighted by Gasteiger charge is 2.28. The predicted molar refractivity (Wildman–Crippen MR) is 72.0 cm³/mol. The topological polar surface area (TPSA) is 54.1 Å². The zero-order valence-corrected chi connectivity index (χ0v) is 10.8. The summed E-state index contributed by atoms with van der Waals surface area (Å²) in [6.45, 7) is 7.88. The first-order chi connectivity index (χ1) is 8.72. The molecule has 2 N–H and O–H groups in total. The van der Waals surface area contributed by atoms with E-state index in [9.17, 15) is 0 Å². The van der Waals surface area contributed by atoms with Crippen molar-refractivity contribution in [3.05, 3.63) is 11.4 Å². The van der Waals surface area contributed by atoms with E-state index in [0.29, 0.717) is 11.7 Å². The Hall–Kier alpha value is -1.51. The molecular weight excluding hydrogens is 228 g/mol. The van der Waals surface area contributed by atoms with Gasteiger partial charge in [-0.15, -0.1) is 0 Å². The van der Waals surface area contributed by atoms with Crippen LogP contribution in [0.25, 0.3) is 0 Å². The van der Waals surface area contributed by atoms with Gasteiger partial charge in [0.15, 0.2) is 0 Å². The fourth-order valence-corrected chi connectivity index (χ4v) is 2.24. The Morgan fingerprint density at radius 3 is 2.56 bits per heavy atom. The number of rotatable bonds is 3. The average molecular weight is 248 g/mol. The second-order valence-corrected chi connectivity index (χ2v) is 4.64. The van der Waals surface area contributed by atoms with E-state index in [0.717, 1.165) is 45.1 Å². The summed E-state index contributed by atoms with van der Waals surface area (Å²) >= 11 is 0. The Kier molecular flexibility index (Phi) is 4.24. The minimum absolute atomic E-state index is 0.622. The van der Waals surface area contributed by atoms with Crippen molar-refractivity contribution >= 4 is 6.21 Å². The van der Waals surface area contributed by atoms with Crippen molar-refractivity contribution in [3.63, 3.8) is 0 Å². The number of nitrogens with two attached hydrogens (primary N) is 1. The maximum atomic E-state index is 5.93. The molecule has 2 saturated heterocycles. The summed E-state index contributed by atoms with van der Waals surface area (Å²) in [6.07, 6.45) is 6.61. The van der Waals surface area contributed by atoms with Gasteiger partial charge in [0.25, 0.3) is 0 Å². The first kappa shape index (κ1) is 12.9. The normalized spacial score (nSPS) is 23.7. The molecule has 0 radical (unpaired) electrons. The molecule has 2 fully saturated rings. The van der Waals surface area contributed by atoms with Gasteiger partial charge in [-0.1, -0.05) is 6.42 Å². The summed E-state index contributed by atoms with van der Waals surface area (Å²) in [6, 6.07) is 2.83. The van der Waals surface area contributed by atoms with Gasteiger partial charge in [-0.05, 0) is 6.92 Å². The smallest absolute Gasteiger partial charge is 0.0700 e. The number of terminal acetylenes is 1. The molecule has 0 aromatic heterocycles. The van der Waals surface area contributed by atoms with Crippen LogP contribution in [-0.4, -0.2) is 61.4 Å². The van der Waals surface area contributed by atoms with Gasteiger partial charge < -0.3 is 15.4 Å². The maximum Gasteiger partial charge on any atom is 0.0700 e. The van der Waals surface area contributed by atoms with Gasteiger partial charge in [0.1, 0.15) is 0 Å². The highest BCUT2D eigenvalue weighted by Crippen LogP contribution is 2.16. The van der Waals surface area contributed by atoms with Gasteiger partial charge in [0.2, 0.25) is 0 Å². The van der Waals surface area contributed by atoms with Crippen LogP contribution in [0.5, 0.6) is 0 Å². The molecule has 5 heteroatoms. The zero-order chi connectivity index (χ0) is 13.0. The van der Waals surface area contributed by atoms with Crippen LogP contribution in [0, 0.1) is 12.5 Å². The Balaban J connectivity index is 1.88. The van der Waals surface area contributed by atoms with Crippen LogP contribution in [0.1, 0.15) is 6.92 Å². The van der Waals surface area contributed by atoms with Crippen molar-refractivity contribution in [1.29, 1.82) is 0 Å². The molecule has 0 amide bonds. The molecule has 0 spiro atoms. The van der Waals surface area contributed by atoms with Gasteiger partial charge in [0, 0.05) is 37.9 Å². The lowest BCUT2D eigenvalue weighted by Gasteiger charge is -2.43. The number of ether oxygens (including phenoxy) is 1. The number of aliphatic imine (C=N–C) groups is 1. The molecule has 0 aliphatic carbocycles. The first-order valence-electron chi connectivity index (χ1n) is 6.24. The van der Waals surface area contributed by atoms with Crippen molar-refractivity contribution in [2.75, 3.05) is 39.4 Å². The molecule has 2 aliphatic heterocycles. The summed E-state index contributed by atoms with van der Waals surface area (Å²) in [5.41, 5.74) is 7.63. The van der Waals surface area contributed by atoms with Gasteiger partial charge in [-0.25, -0.2) is 4.99 Å². The van der Waals surface area contributed by atoms with Crippen LogP contribution in [0.15, 0.2) is 16.4 Å². The fraction of sp³-hybridized carbons (Fsp3) is 0.615. The molecule has 0 unspecified atom stereocenters. The molecule has 2 rings (SSSR count). The summed E-state index contributed by atoms with van der Waals surface area (Å²) < 4.78 is 5.22. The van der Waals surface area contributed by atoms with E-state index in [4.69, 9.17) is 16.9 Å².